The summed E-state index contributed by atoms with van der Waals surface area (Å²) in [5.74, 6) is -4.40. The summed E-state index contributed by atoms with van der Waals surface area (Å²) in [4.78, 5) is 62.2. The van der Waals surface area contributed by atoms with Gasteiger partial charge in [0.2, 0.25) is 0 Å². The molecular weight excluding hydrogens is 879 g/mol. The number of imide groups is 1. The molecule has 18 heteroatoms. The summed E-state index contributed by atoms with van der Waals surface area (Å²) in [5, 5.41) is 11.4. The predicted octanol–water partition coefficient (Wildman–Crippen LogP) is 6.46. The Bertz CT molecular complexity index is 2580. The van der Waals surface area contributed by atoms with Crippen molar-refractivity contribution in [1.29, 1.82) is 0 Å². The number of carbonyl (C=O) groups is 2. The van der Waals surface area contributed by atoms with Gasteiger partial charge in [-0.05, 0) is 88.2 Å². The highest BCUT2D eigenvalue weighted by Crippen LogP contribution is 2.62. The van der Waals surface area contributed by atoms with Crippen molar-refractivity contribution in [3.05, 3.63) is 142 Å². The third-order valence-corrected chi connectivity index (χ3v) is 11.8. The third kappa shape index (κ3) is 5.58. The van der Waals surface area contributed by atoms with Gasteiger partial charge in [0.25, 0.3) is 11.8 Å². The van der Waals surface area contributed by atoms with Gasteiger partial charge in [-0.2, -0.15) is 18.2 Å². The van der Waals surface area contributed by atoms with Gasteiger partial charge in [0, 0.05) is 17.1 Å². The summed E-state index contributed by atoms with van der Waals surface area (Å²) in [6, 6.07) is 17.6. The molecule has 282 valence electrons. The number of alkyl halides is 3. The number of allylic oxidation sites excluding steroid dienone is 2. The number of carbonyl (C=O) groups excluding carboxylic acids is 2. The molecule has 4 atom stereocenters. The number of amides is 2. The number of fused-ring (bicyclic) bond motifs is 4. The van der Waals surface area contributed by atoms with E-state index in [4.69, 9.17) is 27.9 Å². The van der Waals surface area contributed by atoms with Gasteiger partial charge in [-0.15, -0.1) is 0 Å². The zero-order valence-electron chi connectivity index (χ0n) is 28.2. The Hall–Kier alpha value is -5.07. The zero-order chi connectivity index (χ0) is 39.1. The third-order valence-electron chi connectivity index (χ3n) is 10.4. The smallest absolute Gasteiger partial charge is 0.417 e. The fourth-order valence-electron chi connectivity index (χ4n) is 8.13. The lowest BCUT2D eigenvalue weighted by molar-refractivity contribution is -0.139. The number of anilines is 1. The minimum Gasteiger partial charge on any atom is -0.504 e. The maximum absolute atomic E-state index is 15.3. The van der Waals surface area contributed by atoms with Crippen molar-refractivity contribution in [2.24, 2.45) is 5.92 Å². The number of nitrogens with zero attached hydrogens (tertiary/aromatic N) is 5. The van der Waals surface area contributed by atoms with Gasteiger partial charge < -0.3 is 9.84 Å². The van der Waals surface area contributed by atoms with E-state index >= 15 is 4.79 Å². The Kier molecular flexibility index (Phi) is 8.92. The first kappa shape index (κ1) is 36.9. The number of hydrogen-bond acceptors (Lipinski definition) is 8. The Morgan fingerprint density at radius 3 is 2.36 bits per heavy atom. The number of hydrazine groups is 1. The molecule has 4 heterocycles. The van der Waals surface area contributed by atoms with E-state index < -0.39 is 63.2 Å². The number of benzene rings is 3. The largest absolute Gasteiger partial charge is 0.504 e. The van der Waals surface area contributed by atoms with Crippen LogP contribution < -0.4 is 21.5 Å². The molecule has 0 unspecified atom stereocenters. The van der Waals surface area contributed by atoms with Gasteiger partial charge in [0.05, 0.1) is 50.9 Å². The van der Waals surface area contributed by atoms with Gasteiger partial charge >= 0.3 is 17.6 Å². The Labute approximate surface area is 332 Å². The summed E-state index contributed by atoms with van der Waals surface area (Å²) in [6.45, 7) is -0.0703. The van der Waals surface area contributed by atoms with Crippen LogP contribution in [0.2, 0.25) is 10.0 Å². The number of rotatable bonds is 6. The minimum absolute atomic E-state index is 0.0695. The fourth-order valence-corrected chi connectivity index (χ4v) is 9.09. The highest BCUT2D eigenvalue weighted by molar-refractivity contribution is 14.1. The van der Waals surface area contributed by atoms with Gasteiger partial charge in [-0.25, -0.2) is 28.5 Å². The average molecular weight is 905 g/mol. The molecule has 1 aliphatic carbocycles. The lowest BCUT2D eigenvalue weighted by Gasteiger charge is -2.49. The second-order valence-corrected chi connectivity index (χ2v) is 15.2. The molecule has 3 aromatic carbocycles. The van der Waals surface area contributed by atoms with Crippen molar-refractivity contribution in [3.63, 3.8) is 0 Å². The standard InChI is InChI=1S/C37H26Cl2F3IN6O6/c1-55-28-14-18(13-26(43)30(28)50)29-23-11-12-46-34(53)47(22-5-3-2-4-6-22)35(54)49(46)27(23)16-24-32(51)48(33(52)36(24,29)19-7-9-21(38)10-8-19)45-31-25(39)15-20(17-44-31)37(40,41)42/h2-11,13-15,17,24,27,29,50H,12,16H2,1H3,(H,44,45)/t24-,27+,29-,36+/m0/s1. The number of phenols is 1. The SMILES string of the molecule is COc1cc([C@H]2C3=CCn4c(=O)n(-c5ccccc5)c(=O)n4[C@@H]3C[C@H]3C(=O)N(Nc4ncc(C(F)(F)F)cc4Cl)C(=O)[C@@]23c2ccc(Cl)cc2)cc(I)c1O. The number of methoxy groups -OCH3 is 1. The van der Waals surface area contributed by atoms with Crippen molar-refractivity contribution in [2.45, 2.75) is 36.5 Å². The fraction of sp³-hybridized carbons (Fsp3) is 0.216. The van der Waals surface area contributed by atoms with Crippen LogP contribution in [0.15, 0.2) is 100 Å². The maximum atomic E-state index is 15.3. The zero-order valence-corrected chi connectivity index (χ0v) is 31.9. The number of hydrogen-bond donors (Lipinski definition) is 2. The highest BCUT2D eigenvalue weighted by atomic mass is 127. The second-order valence-electron chi connectivity index (χ2n) is 13.2. The van der Waals surface area contributed by atoms with Crippen molar-refractivity contribution in [3.8, 4) is 17.2 Å². The number of nitrogens with one attached hydrogen (secondary N) is 1. The molecule has 2 fully saturated rings. The molecule has 3 aliphatic rings. The topological polar surface area (TPSA) is 141 Å². The summed E-state index contributed by atoms with van der Waals surface area (Å²) in [7, 11) is 1.36. The Balaban J connectivity index is 1.38. The monoisotopic (exact) mass is 904 g/mol. The van der Waals surface area contributed by atoms with Crippen molar-refractivity contribution < 1.29 is 32.6 Å². The van der Waals surface area contributed by atoms with E-state index in [1.165, 1.54) is 16.5 Å². The van der Waals surface area contributed by atoms with Gasteiger partial charge in [-0.3, -0.25) is 15.0 Å². The molecule has 1 saturated heterocycles. The first-order chi connectivity index (χ1) is 26.2. The quantitative estimate of drug-likeness (QED) is 0.113. The van der Waals surface area contributed by atoms with Crippen LogP contribution in [0, 0.1) is 9.49 Å². The van der Waals surface area contributed by atoms with E-state index in [2.05, 4.69) is 10.4 Å². The number of phenolic OH excluding ortho intramolecular Hbond substituents is 1. The van der Waals surface area contributed by atoms with E-state index in [9.17, 15) is 32.7 Å². The van der Waals surface area contributed by atoms with Crippen molar-refractivity contribution >= 4 is 63.4 Å². The lowest BCUT2D eigenvalue weighted by atomic mass is 9.53. The Morgan fingerprint density at radius 2 is 1.71 bits per heavy atom. The molecule has 0 bridgehead atoms. The maximum Gasteiger partial charge on any atom is 0.417 e. The summed E-state index contributed by atoms with van der Waals surface area (Å²) >= 11 is 14.5. The molecule has 2 N–H and O–H groups in total. The van der Waals surface area contributed by atoms with Crippen LogP contribution in [0.3, 0.4) is 0 Å². The van der Waals surface area contributed by atoms with Crippen molar-refractivity contribution in [1.82, 2.24) is 23.9 Å². The normalized spacial score (nSPS) is 21.8. The lowest BCUT2D eigenvalue weighted by Crippen LogP contribution is -2.53. The molecule has 1 saturated carbocycles. The van der Waals surface area contributed by atoms with Crippen molar-refractivity contribution in [2.75, 3.05) is 12.5 Å². The van der Waals surface area contributed by atoms with E-state index in [-0.39, 0.29) is 30.3 Å². The number of ether oxygens (including phenoxy) is 1. The van der Waals surface area contributed by atoms with Crippen LogP contribution in [0.5, 0.6) is 11.5 Å². The molecular formula is C37H26Cl2F3IN6O6. The highest BCUT2D eigenvalue weighted by Gasteiger charge is 2.69. The summed E-state index contributed by atoms with van der Waals surface area (Å²) < 4.78 is 49.9. The molecule has 5 aromatic rings. The van der Waals surface area contributed by atoms with Crippen LogP contribution in [-0.4, -0.2) is 48.0 Å². The van der Waals surface area contributed by atoms with Crippen LogP contribution in [0.1, 0.15) is 35.1 Å². The number of halogens is 6. The second kappa shape index (κ2) is 13.3. The first-order valence-electron chi connectivity index (χ1n) is 16.6. The summed E-state index contributed by atoms with van der Waals surface area (Å²) in [6.07, 6.45) is -2.64. The first-order valence-corrected chi connectivity index (χ1v) is 18.4. The molecule has 2 aliphatic heterocycles. The van der Waals surface area contributed by atoms with E-state index in [0.29, 0.717) is 48.3 Å². The van der Waals surface area contributed by atoms with Gasteiger partial charge in [0.1, 0.15) is 0 Å². The van der Waals surface area contributed by atoms with E-state index in [1.54, 1.807) is 72.8 Å². The number of aromatic nitrogens is 4. The van der Waals surface area contributed by atoms with E-state index in [1.807, 2.05) is 22.6 Å². The molecule has 8 rings (SSSR count). The predicted molar refractivity (Wildman–Crippen MR) is 202 cm³/mol. The minimum atomic E-state index is -4.76. The molecule has 0 radical (unpaired) electrons. The summed E-state index contributed by atoms with van der Waals surface area (Å²) in [5.41, 5.74) is 0.0167. The average Bonchev–Trinajstić information content (AvgIpc) is 3.54. The van der Waals surface area contributed by atoms with Gasteiger partial charge in [0.15, 0.2) is 17.3 Å². The van der Waals surface area contributed by atoms with Crippen LogP contribution in [0.25, 0.3) is 5.69 Å². The number of pyridine rings is 1. The molecule has 2 amide bonds. The molecule has 2 aromatic heterocycles. The molecule has 55 heavy (non-hydrogen) atoms. The van der Waals surface area contributed by atoms with Gasteiger partial charge in [-0.1, -0.05) is 59.6 Å². The van der Waals surface area contributed by atoms with Crippen LogP contribution in [0.4, 0.5) is 19.0 Å². The number of para-hydroxylation sites is 1. The number of aromatic hydroxyl groups is 1. The van der Waals surface area contributed by atoms with Crippen LogP contribution >= 0.6 is 45.8 Å². The van der Waals surface area contributed by atoms with Crippen LogP contribution in [-0.2, 0) is 27.7 Å². The Morgan fingerprint density at radius 1 is 1.00 bits per heavy atom. The molecule has 0 spiro atoms. The van der Waals surface area contributed by atoms with E-state index in [0.717, 1.165) is 4.57 Å². The molecule has 12 nitrogen and oxygen atoms in total.